The third-order valence-electron chi connectivity index (χ3n) is 4.19. The molecule has 3 nitrogen and oxygen atoms in total. The van der Waals surface area contributed by atoms with Crippen LogP contribution in [0.5, 0.6) is 0 Å². The second-order valence-corrected chi connectivity index (χ2v) is 5.82. The van der Waals surface area contributed by atoms with Gasteiger partial charge in [0.25, 0.3) is 5.91 Å². The molecule has 1 aliphatic carbocycles. The second kappa shape index (κ2) is 5.45. The summed E-state index contributed by atoms with van der Waals surface area (Å²) in [5.41, 5.74) is 0.523. The van der Waals surface area contributed by atoms with Crippen LogP contribution < -0.4 is 0 Å². The molecule has 0 bridgehead atoms. The third-order valence-corrected chi connectivity index (χ3v) is 4.19. The molecule has 0 spiro atoms. The molecule has 2 aromatic rings. The van der Waals surface area contributed by atoms with E-state index in [-0.39, 0.29) is 17.8 Å². The van der Waals surface area contributed by atoms with Crippen molar-refractivity contribution in [2.75, 3.05) is 13.6 Å². The monoisotopic (exact) mass is 287 g/mol. The summed E-state index contributed by atoms with van der Waals surface area (Å²) in [6.07, 6.45) is 1.29. The van der Waals surface area contributed by atoms with Crippen LogP contribution in [0, 0.1) is 11.7 Å². The molecule has 0 aromatic heterocycles. The lowest BCUT2D eigenvalue weighted by atomic mass is 9.82. The molecule has 1 N–H and O–H groups in total. The zero-order chi connectivity index (χ0) is 15.0. The maximum atomic E-state index is 13.8. The highest BCUT2D eigenvalue weighted by Crippen LogP contribution is 2.29. The highest BCUT2D eigenvalue weighted by atomic mass is 19.1. The van der Waals surface area contributed by atoms with Gasteiger partial charge in [-0.15, -0.1) is 0 Å². The Morgan fingerprint density at radius 1 is 1.24 bits per heavy atom. The van der Waals surface area contributed by atoms with E-state index in [4.69, 9.17) is 0 Å². The Balaban J connectivity index is 1.86. The third kappa shape index (κ3) is 2.63. The average molecular weight is 287 g/mol. The summed E-state index contributed by atoms with van der Waals surface area (Å²) >= 11 is 0. The van der Waals surface area contributed by atoms with Gasteiger partial charge in [0.05, 0.1) is 6.10 Å². The molecule has 1 amide bonds. The lowest BCUT2D eigenvalue weighted by Gasteiger charge is -2.34. The zero-order valence-electron chi connectivity index (χ0n) is 11.9. The number of halogens is 1. The standard InChI is InChI=1S/C17H18FNO2/c1-19(10-11-8-12(20)9-11)17(21)15-6-7-16(18)14-5-3-2-4-13(14)15/h2-7,11-12,20H,8-10H2,1H3. The lowest BCUT2D eigenvalue weighted by molar-refractivity contribution is 0.0266. The second-order valence-electron chi connectivity index (χ2n) is 5.82. The van der Waals surface area contributed by atoms with Gasteiger partial charge in [0.2, 0.25) is 0 Å². The van der Waals surface area contributed by atoms with Gasteiger partial charge in [-0.2, -0.15) is 0 Å². The summed E-state index contributed by atoms with van der Waals surface area (Å²) in [5, 5.41) is 10.4. The molecule has 0 heterocycles. The first-order chi connectivity index (χ1) is 10.1. The first kappa shape index (κ1) is 14.0. The van der Waals surface area contributed by atoms with E-state index in [9.17, 15) is 14.3 Å². The SMILES string of the molecule is CN(CC1CC(O)C1)C(=O)c1ccc(F)c2ccccc12. The van der Waals surface area contributed by atoms with Gasteiger partial charge >= 0.3 is 0 Å². The fourth-order valence-corrected chi connectivity index (χ4v) is 2.97. The van der Waals surface area contributed by atoms with Crippen LogP contribution in [0.4, 0.5) is 4.39 Å². The first-order valence-corrected chi connectivity index (χ1v) is 7.17. The van der Waals surface area contributed by atoms with Gasteiger partial charge in [-0.1, -0.05) is 24.3 Å². The fourth-order valence-electron chi connectivity index (χ4n) is 2.97. The highest BCUT2D eigenvalue weighted by molar-refractivity contribution is 6.07. The Bertz CT molecular complexity index is 680. The van der Waals surface area contributed by atoms with Crippen LogP contribution in [0.1, 0.15) is 23.2 Å². The van der Waals surface area contributed by atoms with Crippen LogP contribution in [0.2, 0.25) is 0 Å². The minimum absolute atomic E-state index is 0.104. The number of rotatable bonds is 3. The molecule has 110 valence electrons. The van der Waals surface area contributed by atoms with Crippen LogP contribution in [-0.4, -0.2) is 35.6 Å². The molecule has 0 aliphatic heterocycles. The van der Waals surface area contributed by atoms with Crippen molar-refractivity contribution in [2.24, 2.45) is 5.92 Å². The lowest BCUT2D eigenvalue weighted by Crippen LogP contribution is -2.39. The quantitative estimate of drug-likeness (QED) is 0.943. The summed E-state index contributed by atoms with van der Waals surface area (Å²) in [4.78, 5) is 14.2. The van der Waals surface area contributed by atoms with Crippen molar-refractivity contribution in [3.8, 4) is 0 Å². The summed E-state index contributed by atoms with van der Waals surface area (Å²) < 4.78 is 13.8. The van der Waals surface area contributed by atoms with E-state index in [1.807, 2.05) is 0 Å². The van der Waals surface area contributed by atoms with E-state index in [1.54, 1.807) is 42.3 Å². The molecule has 2 aromatic carbocycles. The van der Waals surface area contributed by atoms with E-state index in [0.29, 0.717) is 28.8 Å². The summed E-state index contributed by atoms with van der Waals surface area (Å²) in [6.45, 7) is 0.627. The number of carbonyl (C=O) groups is 1. The number of aliphatic hydroxyl groups is 1. The number of aliphatic hydroxyl groups excluding tert-OH is 1. The number of benzene rings is 2. The Morgan fingerprint density at radius 2 is 1.90 bits per heavy atom. The van der Waals surface area contributed by atoms with Gasteiger partial charge in [0, 0.05) is 24.5 Å². The fraction of sp³-hybridized carbons (Fsp3) is 0.353. The van der Waals surface area contributed by atoms with Crippen LogP contribution in [0.15, 0.2) is 36.4 Å². The van der Waals surface area contributed by atoms with E-state index >= 15 is 0 Å². The van der Waals surface area contributed by atoms with Crippen molar-refractivity contribution < 1.29 is 14.3 Å². The number of carbonyl (C=O) groups excluding carboxylic acids is 1. The average Bonchev–Trinajstić information content (AvgIpc) is 2.45. The topological polar surface area (TPSA) is 40.5 Å². The predicted molar refractivity (Wildman–Crippen MR) is 79.6 cm³/mol. The molecule has 3 rings (SSSR count). The Kier molecular flexibility index (Phi) is 3.64. The number of nitrogens with zero attached hydrogens (tertiary/aromatic N) is 1. The highest BCUT2D eigenvalue weighted by Gasteiger charge is 2.29. The maximum absolute atomic E-state index is 13.8. The van der Waals surface area contributed by atoms with Crippen LogP contribution in [0.3, 0.4) is 0 Å². The normalized spacial score (nSPS) is 21.1. The summed E-state index contributed by atoms with van der Waals surface area (Å²) in [5.74, 6) is -0.0554. The number of amides is 1. The van der Waals surface area contributed by atoms with Gasteiger partial charge in [-0.25, -0.2) is 4.39 Å². The van der Waals surface area contributed by atoms with Crippen molar-refractivity contribution >= 4 is 16.7 Å². The molecule has 1 aliphatic rings. The first-order valence-electron chi connectivity index (χ1n) is 7.17. The summed E-state index contributed by atoms with van der Waals surface area (Å²) in [7, 11) is 1.76. The molecule has 21 heavy (non-hydrogen) atoms. The van der Waals surface area contributed by atoms with Gasteiger partial charge < -0.3 is 10.0 Å². The van der Waals surface area contributed by atoms with Crippen molar-refractivity contribution in [1.82, 2.24) is 4.90 Å². The molecule has 1 saturated carbocycles. The van der Waals surface area contributed by atoms with Crippen LogP contribution in [0.25, 0.3) is 10.8 Å². The van der Waals surface area contributed by atoms with Crippen LogP contribution >= 0.6 is 0 Å². The molecule has 1 fully saturated rings. The van der Waals surface area contributed by atoms with Gasteiger partial charge in [-0.05, 0) is 36.3 Å². The number of hydrogen-bond donors (Lipinski definition) is 1. The van der Waals surface area contributed by atoms with E-state index < -0.39 is 0 Å². The number of fused-ring (bicyclic) bond motifs is 1. The predicted octanol–water partition coefficient (Wildman–Crippen LogP) is 2.82. The smallest absolute Gasteiger partial charge is 0.254 e. The van der Waals surface area contributed by atoms with Gasteiger partial charge in [0.1, 0.15) is 5.82 Å². The van der Waals surface area contributed by atoms with Crippen molar-refractivity contribution in [3.05, 3.63) is 47.8 Å². The van der Waals surface area contributed by atoms with Crippen molar-refractivity contribution in [2.45, 2.75) is 18.9 Å². The Hall–Kier alpha value is -1.94. The zero-order valence-corrected chi connectivity index (χ0v) is 11.9. The minimum atomic E-state index is -0.313. The van der Waals surface area contributed by atoms with Crippen LogP contribution in [-0.2, 0) is 0 Å². The molecular weight excluding hydrogens is 269 g/mol. The summed E-state index contributed by atoms with van der Waals surface area (Å²) in [6, 6.07) is 9.92. The molecule has 0 unspecified atom stereocenters. The molecule has 0 saturated heterocycles. The van der Waals surface area contributed by atoms with Crippen molar-refractivity contribution in [3.63, 3.8) is 0 Å². The Labute approximate surface area is 123 Å². The Morgan fingerprint density at radius 3 is 2.57 bits per heavy atom. The van der Waals surface area contributed by atoms with Gasteiger partial charge in [0.15, 0.2) is 0 Å². The van der Waals surface area contributed by atoms with E-state index in [2.05, 4.69) is 0 Å². The minimum Gasteiger partial charge on any atom is -0.393 e. The molecule has 0 radical (unpaired) electrons. The largest absolute Gasteiger partial charge is 0.393 e. The maximum Gasteiger partial charge on any atom is 0.254 e. The molecule has 4 heteroatoms. The number of hydrogen-bond acceptors (Lipinski definition) is 2. The van der Waals surface area contributed by atoms with E-state index in [1.165, 1.54) is 6.07 Å². The van der Waals surface area contributed by atoms with Crippen molar-refractivity contribution in [1.29, 1.82) is 0 Å². The van der Waals surface area contributed by atoms with Gasteiger partial charge in [-0.3, -0.25) is 4.79 Å². The van der Waals surface area contributed by atoms with E-state index in [0.717, 1.165) is 12.8 Å². The molecule has 0 atom stereocenters. The molecular formula is C17H18FNO2.